The fourth-order valence-electron chi connectivity index (χ4n) is 1.45. The van der Waals surface area contributed by atoms with E-state index in [1.807, 2.05) is 0 Å². The van der Waals surface area contributed by atoms with Crippen LogP contribution in [0.2, 0.25) is 0 Å². The van der Waals surface area contributed by atoms with Gasteiger partial charge in [-0.1, -0.05) is 22.0 Å². The summed E-state index contributed by atoms with van der Waals surface area (Å²) in [5, 5.41) is 0.431. The van der Waals surface area contributed by atoms with E-state index >= 15 is 0 Å². The predicted molar refractivity (Wildman–Crippen MR) is 80.4 cm³/mol. The highest BCUT2D eigenvalue weighted by Gasteiger charge is 2.26. The average Bonchev–Trinajstić information content (AvgIpc) is 2.78. The number of carbonyl (C=O) groups is 3. The lowest BCUT2D eigenvalue weighted by molar-refractivity contribution is -0.131. The molecule has 0 aromatic heterocycles. The summed E-state index contributed by atoms with van der Waals surface area (Å²) < 4.78 is 18.5. The van der Waals surface area contributed by atoms with Crippen molar-refractivity contribution in [1.82, 2.24) is 3.93 Å². The first-order chi connectivity index (χ1) is 9.90. The van der Waals surface area contributed by atoms with Gasteiger partial charge in [-0.2, -0.15) is 0 Å². The number of nitrogens with zero attached hydrogens (tertiary/aromatic N) is 1. The number of benzene rings is 1. The molecule has 1 aliphatic rings. The smallest absolute Gasteiger partial charge is 0.337 e. The highest BCUT2D eigenvalue weighted by molar-refractivity contribution is 9.08. The Labute approximate surface area is 137 Å². The monoisotopic (exact) mass is 423 g/mol. The van der Waals surface area contributed by atoms with Gasteiger partial charge in [-0.05, 0) is 17.7 Å². The largest absolute Gasteiger partial charge is 0.465 e. The molecule has 0 radical (unpaired) electrons. The molecule has 5 nitrogen and oxygen atoms in total. The van der Waals surface area contributed by atoms with Crippen LogP contribution in [0.5, 0.6) is 0 Å². The second-order valence-electron chi connectivity index (χ2n) is 4.00. The molecule has 1 aromatic rings. The molecule has 8 heteroatoms. The molecule has 2 amide bonds. The molecule has 2 rings (SSSR count). The molecule has 1 saturated heterocycles. The topological polar surface area (TPSA) is 63.7 Å². The predicted octanol–water partition coefficient (Wildman–Crippen LogP) is 2.95. The van der Waals surface area contributed by atoms with Gasteiger partial charge in [0.15, 0.2) is 0 Å². The van der Waals surface area contributed by atoms with Crippen LogP contribution in [0.3, 0.4) is 0 Å². The summed E-state index contributed by atoms with van der Waals surface area (Å²) in [6, 6.07) is 4.25. The van der Waals surface area contributed by atoms with Gasteiger partial charge in [-0.15, -0.1) is 0 Å². The maximum absolute atomic E-state index is 13.1. The number of alkyl halides is 1. The standard InChI is InChI=1S/C9H8BrFO2.C4H4BrNO2/c1-13-9(12)6-2-3-7(5-10)8(11)4-6;5-6-3(7)1-2-4(6)8/h2-4H,5H2,1H3;1-2H2. The molecule has 0 unspecified atom stereocenters. The van der Waals surface area contributed by atoms with Gasteiger partial charge >= 0.3 is 5.97 Å². The zero-order valence-electron chi connectivity index (χ0n) is 11.1. The molecule has 1 fully saturated rings. The van der Waals surface area contributed by atoms with Crippen molar-refractivity contribution in [2.45, 2.75) is 18.2 Å². The average molecular weight is 425 g/mol. The highest BCUT2D eigenvalue weighted by Crippen LogP contribution is 2.15. The van der Waals surface area contributed by atoms with Crippen molar-refractivity contribution in [3.8, 4) is 0 Å². The van der Waals surface area contributed by atoms with E-state index in [2.05, 4.69) is 36.8 Å². The van der Waals surface area contributed by atoms with Crippen molar-refractivity contribution < 1.29 is 23.5 Å². The third kappa shape index (κ3) is 4.89. The first kappa shape index (κ1) is 17.8. The van der Waals surface area contributed by atoms with Crippen molar-refractivity contribution in [3.05, 3.63) is 35.1 Å². The Kier molecular flexibility index (Phi) is 6.97. The summed E-state index contributed by atoms with van der Waals surface area (Å²) >= 11 is 5.93. The maximum Gasteiger partial charge on any atom is 0.337 e. The first-order valence-electron chi connectivity index (χ1n) is 5.85. The lowest BCUT2D eigenvalue weighted by atomic mass is 10.1. The number of esters is 1. The Hall–Kier alpha value is -1.28. The van der Waals surface area contributed by atoms with E-state index in [1.54, 1.807) is 6.07 Å². The van der Waals surface area contributed by atoms with Crippen molar-refractivity contribution in [2.24, 2.45) is 0 Å². The number of halogens is 3. The number of ether oxygens (including phenoxy) is 1. The van der Waals surface area contributed by atoms with Gasteiger partial charge in [0.2, 0.25) is 11.8 Å². The van der Waals surface area contributed by atoms with Gasteiger partial charge in [-0.25, -0.2) is 13.1 Å². The highest BCUT2D eigenvalue weighted by atomic mass is 79.9. The Morgan fingerprint density at radius 3 is 2.24 bits per heavy atom. The van der Waals surface area contributed by atoms with E-state index < -0.39 is 11.8 Å². The van der Waals surface area contributed by atoms with Gasteiger partial charge in [-0.3, -0.25) is 9.59 Å². The Balaban J connectivity index is 0.000000235. The van der Waals surface area contributed by atoms with Crippen LogP contribution in [0.1, 0.15) is 28.8 Å². The van der Waals surface area contributed by atoms with Crippen molar-refractivity contribution >= 4 is 49.9 Å². The molecule has 114 valence electrons. The molecule has 1 heterocycles. The third-order valence-electron chi connectivity index (χ3n) is 2.61. The summed E-state index contributed by atoms with van der Waals surface area (Å²) in [6.07, 6.45) is 0.703. The molecule has 1 aliphatic heterocycles. The summed E-state index contributed by atoms with van der Waals surface area (Å²) in [6.45, 7) is 0. The van der Waals surface area contributed by atoms with E-state index in [4.69, 9.17) is 0 Å². The second-order valence-corrected chi connectivity index (χ2v) is 5.27. The molecular formula is C13H12Br2FNO4. The quantitative estimate of drug-likeness (QED) is 0.317. The number of rotatable bonds is 2. The van der Waals surface area contributed by atoms with E-state index in [0.717, 1.165) is 3.93 Å². The minimum atomic E-state index is -0.528. The molecule has 0 N–H and O–H groups in total. The molecule has 0 bridgehead atoms. The van der Waals surface area contributed by atoms with E-state index in [1.165, 1.54) is 19.2 Å². The van der Waals surface area contributed by atoms with Crippen LogP contribution in [0.4, 0.5) is 4.39 Å². The van der Waals surface area contributed by atoms with Gasteiger partial charge < -0.3 is 4.74 Å². The fraction of sp³-hybridized carbons (Fsp3) is 0.308. The van der Waals surface area contributed by atoms with Crippen molar-refractivity contribution in [3.63, 3.8) is 0 Å². The number of carbonyl (C=O) groups excluding carboxylic acids is 3. The van der Waals surface area contributed by atoms with Crippen LogP contribution in [0.25, 0.3) is 0 Å². The zero-order valence-corrected chi connectivity index (χ0v) is 14.2. The van der Waals surface area contributed by atoms with Crippen LogP contribution in [-0.2, 0) is 19.7 Å². The maximum atomic E-state index is 13.1. The van der Waals surface area contributed by atoms with E-state index in [-0.39, 0.29) is 17.4 Å². The first-order valence-corrected chi connectivity index (χ1v) is 7.68. The third-order valence-corrected chi connectivity index (χ3v) is 4.00. The van der Waals surface area contributed by atoms with Crippen LogP contribution < -0.4 is 0 Å². The molecule has 0 atom stereocenters. The Morgan fingerprint density at radius 1 is 1.33 bits per heavy atom. The Morgan fingerprint density at radius 2 is 1.90 bits per heavy atom. The molecule has 0 saturated carbocycles. The minimum Gasteiger partial charge on any atom is -0.465 e. The van der Waals surface area contributed by atoms with Crippen molar-refractivity contribution in [2.75, 3.05) is 7.11 Å². The van der Waals surface area contributed by atoms with Gasteiger partial charge in [0.1, 0.15) is 5.82 Å². The summed E-state index contributed by atoms with van der Waals surface area (Å²) in [5.41, 5.74) is 0.748. The van der Waals surface area contributed by atoms with E-state index in [0.29, 0.717) is 23.7 Å². The van der Waals surface area contributed by atoms with Gasteiger partial charge in [0.05, 0.1) is 28.8 Å². The molecule has 0 spiro atoms. The molecule has 21 heavy (non-hydrogen) atoms. The van der Waals surface area contributed by atoms with Crippen LogP contribution in [0, 0.1) is 5.82 Å². The SMILES string of the molecule is COC(=O)c1ccc(CBr)c(F)c1.O=C1CCC(=O)N1Br. The van der Waals surface area contributed by atoms with Crippen LogP contribution in [0.15, 0.2) is 18.2 Å². The van der Waals surface area contributed by atoms with Crippen molar-refractivity contribution in [1.29, 1.82) is 0 Å². The molecular weight excluding hydrogens is 413 g/mol. The van der Waals surface area contributed by atoms with Gasteiger partial charge in [0, 0.05) is 18.2 Å². The zero-order chi connectivity index (χ0) is 16.0. The number of hydrogen-bond donors (Lipinski definition) is 0. The minimum absolute atomic E-state index is 0.144. The number of hydrogen-bond acceptors (Lipinski definition) is 4. The molecule has 0 aliphatic carbocycles. The number of imide groups is 1. The summed E-state index contributed by atoms with van der Waals surface area (Å²) in [4.78, 5) is 31.9. The summed E-state index contributed by atoms with van der Waals surface area (Å²) in [5.74, 6) is -1.22. The number of methoxy groups -OCH3 is 1. The Bertz CT molecular complexity index is 549. The van der Waals surface area contributed by atoms with Crippen LogP contribution >= 0.6 is 32.1 Å². The second kappa shape index (κ2) is 8.23. The lowest BCUT2D eigenvalue weighted by Crippen LogP contribution is -2.16. The van der Waals surface area contributed by atoms with Crippen LogP contribution in [-0.4, -0.2) is 28.8 Å². The summed E-state index contributed by atoms with van der Waals surface area (Å²) in [7, 11) is 1.26. The normalized spacial score (nSPS) is 13.8. The lowest BCUT2D eigenvalue weighted by Gasteiger charge is -2.01. The number of amides is 2. The molecule has 1 aromatic carbocycles. The fourth-order valence-corrected chi connectivity index (χ4v) is 2.26. The van der Waals surface area contributed by atoms with Gasteiger partial charge in [0.25, 0.3) is 0 Å². The van der Waals surface area contributed by atoms with E-state index in [9.17, 15) is 18.8 Å².